The molecule has 1 N–H and O–H groups in total. The van der Waals surface area contributed by atoms with E-state index in [1.54, 1.807) is 47.3 Å². The third-order valence-electron chi connectivity index (χ3n) is 3.48. The summed E-state index contributed by atoms with van der Waals surface area (Å²) in [5.41, 5.74) is 1.27. The lowest BCUT2D eigenvalue weighted by Gasteiger charge is -2.08. The largest absolute Gasteiger partial charge is 0.325 e. The molecule has 0 aliphatic heterocycles. The van der Waals surface area contributed by atoms with E-state index in [2.05, 4.69) is 10.3 Å². The number of non-ortho nitro benzene ring substituents is 1. The maximum Gasteiger partial charge on any atom is 0.269 e. The summed E-state index contributed by atoms with van der Waals surface area (Å²) in [6.45, 7) is 0. The molecule has 27 heavy (non-hydrogen) atoms. The second-order valence-corrected chi connectivity index (χ2v) is 7.08. The minimum absolute atomic E-state index is 0.00840. The number of hydrogen-bond donors (Lipinski definition) is 1. The van der Waals surface area contributed by atoms with Gasteiger partial charge >= 0.3 is 0 Å². The second-order valence-electron chi connectivity index (χ2n) is 5.32. The average molecular weight is 423 g/mol. The molecule has 10 heteroatoms. The topological polar surface area (TPSA) is 90.1 Å². The van der Waals surface area contributed by atoms with Gasteiger partial charge in [0.1, 0.15) is 0 Å². The van der Waals surface area contributed by atoms with E-state index in [-0.39, 0.29) is 17.3 Å². The Labute approximate surface area is 168 Å². The van der Waals surface area contributed by atoms with Crippen LogP contribution in [0.4, 0.5) is 11.4 Å². The van der Waals surface area contributed by atoms with Gasteiger partial charge in [0.15, 0.2) is 5.16 Å². The van der Waals surface area contributed by atoms with Crippen LogP contribution >= 0.6 is 35.0 Å². The van der Waals surface area contributed by atoms with Gasteiger partial charge in [0.2, 0.25) is 5.91 Å². The van der Waals surface area contributed by atoms with Crippen LogP contribution in [-0.2, 0) is 4.79 Å². The van der Waals surface area contributed by atoms with E-state index in [1.807, 2.05) is 0 Å². The van der Waals surface area contributed by atoms with Crippen LogP contribution < -0.4 is 5.32 Å². The maximum absolute atomic E-state index is 12.2. The standard InChI is InChI=1S/C17H12Cl2N4O3S/c18-14-6-1-11(9-15(14)19)21-16(24)10-27-17-20-7-8-22(17)12-2-4-13(5-3-12)23(25)26/h1-9H,10H2,(H,21,24). The van der Waals surface area contributed by atoms with Gasteiger partial charge in [-0.2, -0.15) is 0 Å². The quantitative estimate of drug-likeness (QED) is 0.349. The fraction of sp³-hybridized carbons (Fsp3) is 0.0588. The zero-order valence-corrected chi connectivity index (χ0v) is 16.0. The number of aromatic nitrogens is 2. The van der Waals surface area contributed by atoms with Crippen molar-refractivity contribution in [1.82, 2.24) is 9.55 Å². The van der Waals surface area contributed by atoms with Gasteiger partial charge in [-0.25, -0.2) is 4.98 Å². The van der Waals surface area contributed by atoms with Crippen molar-refractivity contribution in [1.29, 1.82) is 0 Å². The van der Waals surface area contributed by atoms with Crippen molar-refractivity contribution in [3.05, 3.63) is 75.0 Å². The Balaban J connectivity index is 1.65. The summed E-state index contributed by atoms with van der Waals surface area (Å²) in [7, 11) is 0. The molecule has 0 aliphatic carbocycles. The molecular weight excluding hydrogens is 411 g/mol. The van der Waals surface area contributed by atoms with Gasteiger partial charge in [-0.1, -0.05) is 35.0 Å². The number of halogens is 2. The van der Waals surface area contributed by atoms with Gasteiger partial charge in [-0.15, -0.1) is 0 Å². The van der Waals surface area contributed by atoms with Crippen LogP contribution in [0.2, 0.25) is 10.0 Å². The highest BCUT2D eigenvalue weighted by Crippen LogP contribution is 2.26. The van der Waals surface area contributed by atoms with Crippen molar-refractivity contribution in [3.63, 3.8) is 0 Å². The number of carbonyl (C=O) groups excluding carboxylic acids is 1. The number of rotatable bonds is 6. The number of nitro groups is 1. The van der Waals surface area contributed by atoms with Crippen molar-refractivity contribution >= 4 is 52.2 Å². The van der Waals surface area contributed by atoms with Gasteiger partial charge in [0, 0.05) is 35.9 Å². The fourth-order valence-electron chi connectivity index (χ4n) is 2.23. The summed E-state index contributed by atoms with van der Waals surface area (Å²) in [6, 6.07) is 10.9. The first-order chi connectivity index (χ1) is 12.9. The Hall–Kier alpha value is -2.55. The van der Waals surface area contributed by atoms with Crippen LogP contribution in [0.25, 0.3) is 5.69 Å². The fourth-order valence-corrected chi connectivity index (χ4v) is 3.30. The minimum Gasteiger partial charge on any atom is -0.325 e. The Morgan fingerprint density at radius 1 is 1.19 bits per heavy atom. The summed E-state index contributed by atoms with van der Waals surface area (Å²) >= 11 is 13.0. The molecule has 1 aromatic heterocycles. The highest BCUT2D eigenvalue weighted by molar-refractivity contribution is 7.99. The molecule has 0 saturated carbocycles. The molecule has 3 rings (SSSR count). The van der Waals surface area contributed by atoms with E-state index in [0.717, 1.165) is 0 Å². The number of carbonyl (C=O) groups is 1. The average Bonchev–Trinajstić information content (AvgIpc) is 3.12. The molecule has 0 fully saturated rings. The maximum atomic E-state index is 12.2. The smallest absolute Gasteiger partial charge is 0.269 e. The molecule has 0 atom stereocenters. The van der Waals surface area contributed by atoms with Gasteiger partial charge in [0.05, 0.1) is 20.7 Å². The first kappa shape index (κ1) is 19.2. The normalized spacial score (nSPS) is 10.6. The molecule has 0 radical (unpaired) electrons. The summed E-state index contributed by atoms with van der Waals surface area (Å²) in [6.07, 6.45) is 3.32. The predicted molar refractivity (Wildman–Crippen MR) is 106 cm³/mol. The molecule has 0 saturated heterocycles. The third-order valence-corrected chi connectivity index (χ3v) is 5.19. The second kappa shape index (κ2) is 8.43. The van der Waals surface area contributed by atoms with Crippen LogP contribution in [-0.4, -0.2) is 26.1 Å². The van der Waals surface area contributed by atoms with Crippen LogP contribution in [0.1, 0.15) is 0 Å². The predicted octanol–water partition coefficient (Wildman–Crippen LogP) is 4.82. The SMILES string of the molecule is O=C(CSc1nccn1-c1ccc([N+](=O)[O-])cc1)Nc1ccc(Cl)c(Cl)c1. The Kier molecular flexibility index (Phi) is 6.00. The number of nitrogens with one attached hydrogen (secondary N) is 1. The summed E-state index contributed by atoms with van der Waals surface area (Å²) in [5, 5.41) is 14.9. The van der Waals surface area contributed by atoms with E-state index < -0.39 is 4.92 Å². The molecule has 3 aromatic rings. The Bertz CT molecular complexity index is 992. The lowest BCUT2D eigenvalue weighted by molar-refractivity contribution is -0.384. The van der Waals surface area contributed by atoms with Crippen molar-refractivity contribution in [2.75, 3.05) is 11.1 Å². The first-order valence-electron chi connectivity index (χ1n) is 7.60. The Morgan fingerprint density at radius 2 is 1.93 bits per heavy atom. The van der Waals surface area contributed by atoms with Crippen molar-refractivity contribution < 1.29 is 9.72 Å². The van der Waals surface area contributed by atoms with E-state index in [1.165, 1.54) is 23.9 Å². The molecule has 1 amide bonds. The minimum atomic E-state index is -0.458. The molecule has 7 nitrogen and oxygen atoms in total. The van der Waals surface area contributed by atoms with Crippen LogP contribution in [0.15, 0.2) is 60.0 Å². The molecular formula is C17H12Cl2N4O3S. The molecule has 0 bridgehead atoms. The van der Waals surface area contributed by atoms with Gasteiger partial charge in [-0.05, 0) is 30.3 Å². The van der Waals surface area contributed by atoms with E-state index in [0.29, 0.717) is 26.6 Å². The highest BCUT2D eigenvalue weighted by atomic mass is 35.5. The third kappa shape index (κ3) is 4.79. The van der Waals surface area contributed by atoms with Crippen LogP contribution in [0.5, 0.6) is 0 Å². The zero-order chi connectivity index (χ0) is 19.4. The number of thioether (sulfide) groups is 1. The summed E-state index contributed by atoms with van der Waals surface area (Å²) in [4.78, 5) is 26.7. The van der Waals surface area contributed by atoms with Crippen molar-refractivity contribution in [3.8, 4) is 5.69 Å². The monoisotopic (exact) mass is 422 g/mol. The van der Waals surface area contributed by atoms with Gasteiger partial charge in [-0.3, -0.25) is 19.5 Å². The number of hydrogen-bond acceptors (Lipinski definition) is 5. The molecule has 0 unspecified atom stereocenters. The Morgan fingerprint density at radius 3 is 2.59 bits per heavy atom. The van der Waals surface area contributed by atoms with Crippen molar-refractivity contribution in [2.45, 2.75) is 5.16 Å². The highest BCUT2D eigenvalue weighted by Gasteiger charge is 2.11. The number of anilines is 1. The molecule has 0 spiro atoms. The molecule has 138 valence electrons. The lowest BCUT2D eigenvalue weighted by Crippen LogP contribution is -2.14. The summed E-state index contributed by atoms with van der Waals surface area (Å²) < 4.78 is 1.75. The molecule has 2 aromatic carbocycles. The zero-order valence-electron chi connectivity index (χ0n) is 13.6. The van der Waals surface area contributed by atoms with Crippen molar-refractivity contribution in [2.24, 2.45) is 0 Å². The van der Waals surface area contributed by atoms with E-state index >= 15 is 0 Å². The first-order valence-corrected chi connectivity index (χ1v) is 9.34. The number of benzene rings is 2. The summed E-state index contributed by atoms with van der Waals surface area (Å²) in [5.74, 6) is -0.0961. The number of nitrogens with zero attached hydrogens (tertiary/aromatic N) is 3. The van der Waals surface area contributed by atoms with E-state index in [4.69, 9.17) is 23.2 Å². The lowest BCUT2D eigenvalue weighted by atomic mass is 10.3. The molecule has 0 aliphatic rings. The van der Waals surface area contributed by atoms with E-state index in [9.17, 15) is 14.9 Å². The van der Waals surface area contributed by atoms with Gasteiger partial charge in [0.25, 0.3) is 5.69 Å². The molecule has 1 heterocycles. The van der Waals surface area contributed by atoms with Crippen LogP contribution in [0.3, 0.4) is 0 Å². The number of nitro benzene ring substituents is 1. The van der Waals surface area contributed by atoms with Crippen LogP contribution in [0, 0.1) is 10.1 Å². The number of imidazole rings is 1. The van der Waals surface area contributed by atoms with Gasteiger partial charge < -0.3 is 5.32 Å². The number of amides is 1.